The highest BCUT2D eigenvalue weighted by molar-refractivity contribution is 5.98. The second-order valence-electron chi connectivity index (χ2n) is 4.21. The number of hydrogen-bond acceptors (Lipinski definition) is 9. The van der Waals surface area contributed by atoms with E-state index in [0.717, 1.165) is 18.2 Å². The SMILES string of the molecule is CCOC(=O)C(N)C(=O)OCc1cc([N+](=O)[O-])cc([N+](=O)[O-])c1. The van der Waals surface area contributed by atoms with Crippen LogP contribution in [0, 0.1) is 20.2 Å². The summed E-state index contributed by atoms with van der Waals surface area (Å²) in [6.07, 6.45) is 0. The van der Waals surface area contributed by atoms with E-state index in [1.807, 2.05) is 0 Å². The van der Waals surface area contributed by atoms with Gasteiger partial charge < -0.3 is 15.2 Å². The number of nitro groups is 2. The molecule has 1 rings (SSSR count). The number of rotatable bonds is 7. The third kappa shape index (κ3) is 5.00. The lowest BCUT2D eigenvalue weighted by molar-refractivity contribution is -0.394. The Morgan fingerprint density at radius 1 is 1.09 bits per heavy atom. The number of nitro benzene ring substituents is 2. The molecule has 1 aromatic rings. The fourth-order valence-electron chi connectivity index (χ4n) is 1.52. The Labute approximate surface area is 129 Å². The molecule has 1 aromatic carbocycles. The van der Waals surface area contributed by atoms with Crippen LogP contribution in [0.2, 0.25) is 0 Å². The van der Waals surface area contributed by atoms with Crippen molar-refractivity contribution in [3.8, 4) is 0 Å². The van der Waals surface area contributed by atoms with Crippen molar-refractivity contribution in [1.82, 2.24) is 0 Å². The molecule has 23 heavy (non-hydrogen) atoms. The van der Waals surface area contributed by atoms with Gasteiger partial charge in [-0.05, 0) is 6.92 Å². The summed E-state index contributed by atoms with van der Waals surface area (Å²) in [5, 5.41) is 21.5. The third-order valence-electron chi connectivity index (χ3n) is 2.56. The zero-order valence-electron chi connectivity index (χ0n) is 12.0. The number of hydrogen-bond donors (Lipinski definition) is 1. The first-order valence-corrected chi connectivity index (χ1v) is 6.27. The number of nitrogens with two attached hydrogens (primary N) is 1. The van der Waals surface area contributed by atoms with Crippen LogP contribution in [0.4, 0.5) is 11.4 Å². The zero-order chi connectivity index (χ0) is 17.6. The van der Waals surface area contributed by atoms with Crippen LogP contribution in [0.25, 0.3) is 0 Å². The second-order valence-corrected chi connectivity index (χ2v) is 4.21. The molecule has 0 fully saturated rings. The molecule has 0 amide bonds. The maximum atomic E-state index is 11.6. The number of carbonyl (C=O) groups excluding carboxylic acids is 2. The molecule has 124 valence electrons. The van der Waals surface area contributed by atoms with E-state index in [1.165, 1.54) is 6.92 Å². The van der Waals surface area contributed by atoms with Crippen LogP contribution in [-0.4, -0.2) is 34.4 Å². The normalized spacial score (nSPS) is 11.4. The van der Waals surface area contributed by atoms with Gasteiger partial charge in [0.25, 0.3) is 11.4 Å². The Hall–Kier alpha value is -3.08. The van der Waals surface area contributed by atoms with Gasteiger partial charge in [-0.15, -0.1) is 0 Å². The Morgan fingerprint density at radius 2 is 1.57 bits per heavy atom. The lowest BCUT2D eigenvalue weighted by Gasteiger charge is -2.10. The Bertz CT molecular complexity index is 613. The van der Waals surface area contributed by atoms with Gasteiger partial charge in [0, 0.05) is 17.7 Å². The van der Waals surface area contributed by atoms with Gasteiger partial charge in [0.1, 0.15) is 6.61 Å². The molecule has 0 spiro atoms. The minimum Gasteiger partial charge on any atom is -0.464 e. The van der Waals surface area contributed by atoms with E-state index in [1.54, 1.807) is 0 Å². The van der Waals surface area contributed by atoms with Gasteiger partial charge in [0.05, 0.1) is 22.5 Å². The first-order valence-electron chi connectivity index (χ1n) is 6.27. The smallest absolute Gasteiger partial charge is 0.334 e. The van der Waals surface area contributed by atoms with Gasteiger partial charge in [-0.2, -0.15) is 0 Å². The van der Waals surface area contributed by atoms with Crippen LogP contribution in [0.1, 0.15) is 12.5 Å². The lowest BCUT2D eigenvalue weighted by atomic mass is 10.2. The maximum absolute atomic E-state index is 11.6. The van der Waals surface area contributed by atoms with Crippen molar-refractivity contribution in [3.05, 3.63) is 44.0 Å². The van der Waals surface area contributed by atoms with E-state index < -0.39 is 45.8 Å². The van der Waals surface area contributed by atoms with E-state index >= 15 is 0 Å². The fourth-order valence-corrected chi connectivity index (χ4v) is 1.52. The van der Waals surface area contributed by atoms with Crippen molar-refractivity contribution >= 4 is 23.3 Å². The van der Waals surface area contributed by atoms with Crippen LogP contribution < -0.4 is 5.73 Å². The molecule has 0 aromatic heterocycles. The molecule has 0 saturated heterocycles. The highest BCUT2D eigenvalue weighted by Crippen LogP contribution is 2.23. The summed E-state index contributed by atoms with van der Waals surface area (Å²) in [5.74, 6) is -2.10. The van der Waals surface area contributed by atoms with Gasteiger partial charge in [-0.3, -0.25) is 20.2 Å². The monoisotopic (exact) mass is 327 g/mol. The topological polar surface area (TPSA) is 165 Å². The van der Waals surface area contributed by atoms with E-state index in [2.05, 4.69) is 4.74 Å². The molecular weight excluding hydrogens is 314 g/mol. The van der Waals surface area contributed by atoms with E-state index in [-0.39, 0.29) is 12.2 Å². The molecule has 11 heteroatoms. The summed E-state index contributed by atoms with van der Waals surface area (Å²) in [4.78, 5) is 42.6. The van der Waals surface area contributed by atoms with Crippen LogP contribution in [0.5, 0.6) is 0 Å². The minimum absolute atomic E-state index is 0.00955. The summed E-state index contributed by atoms with van der Waals surface area (Å²) in [7, 11) is 0. The van der Waals surface area contributed by atoms with Gasteiger partial charge in [-0.1, -0.05) is 0 Å². The number of nitrogens with zero attached hydrogens (tertiary/aromatic N) is 2. The average Bonchev–Trinajstić information content (AvgIpc) is 2.51. The summed E-state index contributed by atoms with van der Waals surface area (Å²) < 4.78 is 9.25. The quantitative estimate of drug-likeness (QED) is 0.323. The van der Waals surface area contributed by atoms with Crippen molar-refractivity contribution in [1.29, 1.82) is 0 Å². The molecule has 0 aliphatic carbocycles. The zero-order valence-corrected chi connectivity index (χ0v) is 12.0. The van der Waals surface area contributed by atoms with Crippen LogP contribution in [-0.2, 0) is 25.7 Å². The Kier molecular flexibility index (Phi) is 6.09. The van der Waals surface area contributed by atoms with Gasteiger partial charge >= 0.3 is 11.9 Å². The summed E-state index contributed by atoms with van der Waals surface area (Å²) in [6.45, 7) is 1.03. The molecule has 0 aliphatic rings. The summed E-state index contributed by atoms with van der Waals surface area (Å²) in [6, 6.07) is 1.13. The Balaban J connectivity index is 2.84. The first-order chi connectivity index (χ1) is 10.8. The van der Waals surface area contributed by atoms with Crippen LogP contribution >= 0.6 is 0 Å². The number of benzene rings is 1. The first kappa shape index (κ1) is 18.0. The third-order valence-corrected chi connectivity index (χ3v) is 2.56. The van der Waals surface area contributed by atoms with Crippen LogP contribution in [0.3, 0.4) is 0 Å². The molecule has 0 saturated carbocycles. The van der Waals surface area contributed by atoms with E-state index in [4.69, 9.17) is 10.5 Å². The maximum Gasteiger partial charge on any atom is 0.334 e. The molecule has 11 nitrogen and oxygen atoms in total. The molecule has 2 N–H and O–H groups in total. The highest BCUT2D eigenvalue weighted by atomic mass is 16.6. The fraction of sp³-hybridized carbons (Fsp3) is 0.333. The summed E-state index contributed by atoms with van der Waals surface area (Å²) >= 11 is 0. The minimum atomic E-state index is -1.66. The largest absolute Gasteiger partial charge is 0.464 e. The average molecular weight is 327 g/mol. The van der Waals surface area contributed by atoms with Crippen molar-refractivity contribution < 1.29 is 28.9 Å². The van der Waals surface area contributed by atoms with Gasteiger partial charge in [-0.25, -0.2) is 9.59 Å². The molecule has 0 heterocycles. The molecule has 1 unspecified atom stereocenters. The molecular formula is C12H13N3O8. The van der Waals surface area contributed by atoms with E-state index in [9.17, 15) is 29.8 Å². The number of carbonyl (C=O) groups is 2. The number of non-ortho nitro benzene ring substituents is 2. The standard InChI is InChI=1S/C12H13N3O8/c1-2-22-11(16)10(13)12(17)23-6-7-3-8(14(18)19)5-9(4-7)15(20)21/h3-5,10H,2,6,13H2,1H3. The molecule has 0 aliphatic heterocycles. The number of esters is 2. The number of ether oxygens (including phenoxy) is 2. The molecule has 1 atom stereocenters. The van der Waals surface area contributed by atoms with E-state index in [0.29, 0.717) is 0 Å². The molecule has 0 bridgehead atoms. The van der Waals surface area contributed by atoms with Crippen LogP contribution in [0.15, 0.2) is 18.2 Å². The predicted molar refractivity (Wildman–Crippen MR) is 74.2 cm³/mol. The van der Waals surface area contributed by atoms with Crippen molar-refractivity contribution in [2.24, 2.45) is 5.73 Å². The summed E-state index contributed by atoms with van der Waals surface area (Å²) in [5.41, 5.74) is 4.26. The van der Waals surface area contributed by atoms with Gasteiger partial charge in [0.15, 0.2) is 0 Å². The highest BCUT2D eigenvalue weighted by Gasteiger charge is 2.25. The van der Waals surface area contributed by atoms with Gasteiger partial charge in [0.2, 0.25) is 6.04 Å². The lowest BCUT2D eigenvalue weighted by Crippen LogP contribution is -2.41. The molecule has 0 radical (unpaired) electrons. The van der Waals surface area contributed by atoms with Crippen molar-refractivity contribution in [3.63, 3.8) is 0 Å². The Morgan fingerprint density at radius 3 is 2.00 bits per heavy atom. The van der Waals surface area contributed by atoms with Crippen molar-refractivity contribution in [2.75, 3.05) is 6.61 Å². The predicted octanol–water partition coefficient (Wildman–Crippen LogP) is 0.437. The van der Waals surface area contributed by atoms with Crippen molar-refractivity contribution in [2.45, 2.75) is 19.6 Å². The second kappa shape index (κ2) is 7.79.